The molecule has 6 nitrogen and oxygen atoms in total. The van der Waals surface area contributed by atoms with Crippen LogP contribution in [0.15, 0.2) is 23.0 Å². The van der Waals surface area contributed by atoms with E-state index in [1.165, 1.54) is 36.0 Å². The third-order valence-electron chi connectivity index (χ3n) is 3.36. The lowest BCUT2D eigenvalue weighted by atomic mass is 10.2. The van der Waals surface area contributed by atoms with E-state index >= 15 is 0 Å². The zero-order chi connectivity index (χ0) is 19.3. The molecule has 0 aliphatic carbocycles. The van der Waals surface area contributed by atoms with E-state index in [0.29, 0.717) is 16.6 Å². The van der Waals surface area contributed by atoms with Crippen molar-refractivity contribution < 1.29 is 18.3 Å². The Labute approximate surface area is 151 Å². The Morgan fingerprint density at radius 2 is 2.04 bits per heavy atom. The summed E-state index contributed by atoms with van der Waals surface area (Å²) in [6.07, 6.45) is 1.53. The molecule has 2 aromatic rings. The van der Waals surface area contributed by atoms with E-state index in [-0.39, 0.29) is 27.3 Å². The smallest absolute Gasteiger partial charge is 0.387 e. The third-order valence-corrected chi connectivity index (χ3v) is 4.49. The second-order valence-electron chi connectivity index (χ2n) is 4.85. The minimum atomic E-state index is -2.98. The highest BCUT2D eigenvalue weighted by Gasteiger charge is 2.11. The Morgan fingerprint density at radius 1 is 1.35 bits per heavy atom. The monoisotopic (exact) mass is 377 g/mol. The van der Waals surface area contributed by atoms with Crippen molar-refractivity contribution in [2.45, 2.75) is 20.1 Å². The highest BCUT2D eigenvalue weighted by molar-refractivity contribution is 7.07. The summed E-state index contributed by atoms with van der Waals surface area (Å²) >= 11 is 1.01. The number of alkyl halides is 2. The average Bonchev–Trinajstić information content (AvgIpc) is 2.92. The summed E-state index contributed by atoms with van der Waals surface area (Å²) in [5, 5.41) is 18.1. The average molecular weight is 377 g/mol. The molecular weight excluding hydrogens is 364 g/mol. The van der Waals surface area contributed by atoms with E-state index in [4.69, 9.17) is 15.3 Å². The van der Waals surface area contributed by atoms with Crippen molar-refractivity contribution in [3.05, 3.63) is 43.3 Å². The van der Waals surface area contributed by atoms with Gasteiger partial charge in [-0.25, -0.2) is 0 Å². The highest BCUT2D eigenvalue weighted by Crippen LogP contribution is 2.29. The number of hydrogen-bond donors (Lipinski definition) is 0. The topological polar surface area (TPSA) is 88.0 Å². The maximum atomic E-state index is 12.5. The SMILES string of the molecule is CCn1c(=C(C#N)C#N)s/c(=C/c2ccc(OC(F)F)c(OC)c2)c1=O. The Kier molecular flexibility index (Phi) is 6.10. The van der Waals surface area contributed by atoms with Gasteiger partial charge in [0, 0.05) is 6.54 Å². The molecule has 0 bridgehead atoms. The normalized spacial score (nSPS) is 11.1. The number of methoxy groups -OCH3 is 1. The van der Waals surface area contributed by atoms with E-state index in [0.717, 1.165) is 11.3 Å². The van der Waals surface area contributed by atoms with E-state index in [2.05, 4.69) is 4.74 Å². The van der Waals surface area contributed by atoms with E-state index in [1.807, 2.05) is 0 Å². The molecule has 1 aromatic heterocycles. The van der Waals surface area contributed by atoms with Gasteiger partial charge in [0.05, 0.1) is 11.6 Å². The predicted molar refractivity (Wildman–Crippen MR) is 91.3 cm³/mol. The Balaban J connectivity index is 2.66. The zero-order valence-corrected chi connectivity index (χ0v) is 14.6. The van der Waals surface area contributed by atoms with Gasteiger partial charge in [0.15, 0.2) is 17.1 Å². The van der Waals surface area contributed by atoms with E-state index in [1.54, 1.807) is 19.1 Å². The maximum Gasteiger partial charge on any atom is 0.387 e. The van der Waals surface area contributed by atoms with Gasteiger partial charge in [0.25, 0.3) is 5.56 Å². The first-order valence-electron chi connectivity index (χ1n) is 7.33. The lowest BCUT2D eigenvalue weighted by Gasteiger charge is -2.09. The van der Waals surface area contributed by atoms with Gasteiger partial charge in [0.1, 0.15) is 16.8 Å². The summed E-state index contributed by atoms with van der Waals surface area (Å²) < 4.78 is 36.1. The van der Waals surface area contributed by atoms with Gasteiger partial charge in [-0.1, -0.05) is 6.07 Å². The molecule has 0 spiro atoms. The Bertz CT molecular complexity index is 1060. The number of aromatic nitrogens is 1. The lowest BCUT2D eigenvalue weighted by molar-refractivity contribution is -0.0512. The van der Waals surface area contributed by atoms with Crippen molar-refractivity contribution in [3.8, 4) is 23.6 Å². The molecule has 0 fully saturated rings. The van der Waals surface area contributed by atoms with E-state index < -0.39 is 6.61 Å². The quantitative estimate of drug-likeness (QED) is 0.789. The minimum absolute atomic E-state index is 0.0907. The van der Waals surface area contributed by atoms with Gasteiger partial charge in [-0.2, -0.15) is 19.3 Å². The van der Waals surface area contributed by atoms with Crippen LogP contribution in [-0.2, 0) is 6.54 Å². The minimum Gasteiger partial charge on any atom is -0.493 e. The molecule has 0 radical (unpaired) electrons. The van der Waals surface area contributed by atoms with Crippen molar-refractivity contribution in [2.75, 3.05) is 7.11 Å². The molecule has 0 aliphatic rings. The largest absolute Gasteiger partial charge is 0.493 e. The van der Waals surface area contributed by atoms with Crippen LogP contribution in [0.5, 0.6) is 11.5 Å². The van der Waals surface area contributed by atoms with Crippen molar-refractivity contribution in [3.63, 3.8) is 0 Å². The third kappa shape index (κ3) is 3.90. The van der Waals surface area contributed by atoms with Gasteiger partial charge >= 0.3 is 6.61 Å². The summed E-state index contributed by atoms with van der Waals surface area (Å²) in [5.41, 5.74) is 0.0290. The number of halogens is 2. The number of rotatable bonds is 5. The van der Waals surface area contributed by atoms with Crippen molar-refractivity contribution in [2.24, 2.45) is 0 Å². The molecule has 0 aliphatic heterocycles. The first-order chi connectivity index (χ1) is 12.4. The maximum absolute atomic E-state index is 12.5. The van der Waals surface area contributed by atoms with Crippen LogP contribution < -0.4 is 24.2 Å². The molecule has 0 atom stereocenters. The summed E-state index contributed by atoms with van der Waals surface area (Å²) in [6.45, 7) is -0.954. The number of nitrogens with zero attached hydrogens (tertiary/aromatic N) is 3. The van der Waals surface area contributed by atoms with Crippen LogP contribution in [0.1, 0.15) is 12.5 Å². The van der Waals surface area contributed by atoms with Crippen molar-refractivity contribution in [1.29, 1.82) is 10.5 Å². The molecule has 26 heavy (non-hydrogen) atoms. The molecule has 134 valence electrons. The summed E-state index contributed by atoms with van der Waals surface area (Å²) in [4.78, 5) is 12.5. The second-order valence-corrected chi connectivity index (χ2v) is 5.88. The van der Waals surface area contributed by atoms with Crippen LogP contribution >= 0.6 is 11.3 Å². The fraction of sp³-hybridized carbons (Fsp3) is 0.235. The fourth-order valence-corrected chi connectivity index (χ4v) is 3.35. The van der Waals surface area contributed by atoms with Gasteiger partial charge < -0.3 is 9.47 Å². The number of thiazole rings is 1. The number of benzene rings is 1. The predicted octanol–water partition coefficient (Wildman–Crippen LogP) is 1.57. The van der Waals surface area contributed by atoms with Crippen molar-refractivity contribution in [1.82, 2.24) is 4.57 Å². The first kappa shape index (κ1) is 19.2. The Hall–Kier alpha value is -3.17. The van der Waals surface area contributed by atoms with Gasteiger partial charge in [-0.05, 0) is 30.7 Å². The molecule has 0 saturated heterocycles. The first-order valence-corrected chi connectivity index (χ1v) is 8.15. The summed E-state index contributed by atoms with van der Waals surface area (Å²) in [6, 6.07) is 7.81. The van der Waals surface area contributed by atoms with Crippen LogP contribution in [0.2, 0.25) is 0 Å². The molecule has 1 heterocycles. The molecule has 0 amide bonds. The van der Waals surface area contributed by atoms with Crippen LogP contribution in [0.4, 0.5) is 8.78 Å². The fourth-order valence-electron chi connectivity index (χ4n) is 2.23. The second kappa shape index (κ2) is 8.28. The Morgan fingerprint density at radius 3 is 2.58 bits per heavy atom. The van der Waals surface area contributed by atoms with Gasteiger partial charge in [0.2, 0.25) is 0 Å². The number of nitriles is 2. The van der Waals surface area contributed by atoms with Crippen LogP contribution in [0.3, 0.4) is 0 Å². The zero-order valence-electron chi connectivity index (χ0n) is 13.8. The van der Waals surface area contributed by atoms with Crippen LogP contribution in [-0.4, -0.2) is 18.3 Å². The number of hydrogen-bond acceptors (Lipinski definition) is 6. The summed E-state index contributed by atoms with van der Waals surface area (Å²) in [7, 11) is 1.31. The summed E-state index contributed by atoms with van der Waals surface area (Å²) in [5.74, 6) is -0.0324. The van der Waals surface area contributed by atoms with E-state index in [9.17, 15) is 13.6 Å². The van der Waals surface area contributed by atoms with Crippen molar-refractivity contribution >= 4 is 23.0 Å². The van der Waals surface area contributed by atoms with Crippen LogP contribution in [0, 0.1) is 22.7 Å². The standard InChI is InChI=1S/C17H13F2N3O3S/c1-3-22-15(23)14(26-16(22)11(8-20)9-21)7-10-4-5-12(25-17(18)19)13(6-10)24-2/h4-7,17H,3H2,1-2H3/b14-7+. The molecular formula is C17H13F2N3O3S. The van der Waals surface area contributed by atoms with Crippen LogP contribution in [0.25, 0.3) is 11.6 Å². The number of ether oxygens (including phenoxy) is 2. The lowest BCUT2D eigenvalue weighted by Crippen LogP contribution is -2.31. The molecule has 2 rings (SSSR count). The highest BCUT2D eigenvalue weighted by atomic mass is 32.1. The molecule has 1 aromatic carbocycles. The van der Waals surface area contributed by atoms with Gasteiger partial charge in [-0.15, -0.1) is 11.3 Å². The molecule has 9 heteroatoms. The molecule has 0 saturated carbocycles. The molecule has 0 N–H and O–H groups in total. The van der Waals surface area contributed by atoms with Gasteiger partial charge in [-0.3, -0.25) is 9.36 Å². The molecule has 0 unspecified atom stereocenters.